The normalized spacial score (nSPS) is 12.5. The van der Waals surface area contributed by atoms with E-state index in [-0.39, 0.29) is 29.5 Å². The first kappa shape index (κ1) is 37.1. The van der Waals surface area contributed by atoms with Crippen molar-refractivity contribution in [2.45, 2.75) is 109 Å². The van der Waals surface area contributed by atoms with Crippen LogP contribution in [-0.2, 0) is 14.3 Å². The molecule has 0 spiro atoms. The monoisotopic (exact) mass is 646 g/mol. The third-order valence-corrected chi connectivity index (χ3v) is 7.96. The standard InChI is InChI=1S/C32H46N4O6S2/c1-20(2)15-18-36(30(40)42-32(8,9)10)28(38)23-14-12-17-34-27(23)44-43-26-22(13-11-16-33-26)25(37)35-24(19-21(3)4)29(39)41-31(5,6)7/h11-14,16-17,20-21,24H,15,18-19H2,1-10H3,(H,35,37)/t24-/m0/s1. The number of hydrogen-bond acceptors (Lipinski definition) is 10. The van der Waals surface area contributed by atoms with Crippen molar-refractivity contribution in [2.24, 2.45) is 11.8 Å². The van der Waals surface area contributed by atoms with Crippen LogP contribution in [0, 0.1) is 11.8 Å². The predicted molar refractivity (Wildman–Crippen MR) is 173 cm³/mol. The molecule has 0 aliphatic rings. The molecule has 2 aromatic heterocycles. The van der Waals surface area contributed by atoms with Crippen molar-refractivity contribution in [3.63, 3.8) is 0 Å². The lowest BCUT2D eigenvalue weighted by molar-refractivity contribution is -0.157. The molecule has 2 heterocycles. The number of nitrogens with zero attached hydrogens (tertiary/aromatic N) is 3. The van der Waals surface area contributed by atoms with E-state index in [0.29, 0.717) is 22.9 Å². The second-order valence-corrected chi connectivity index (χ2v) is 15.3. The first-order valence-electron chi connectivity index (χ1n) is 14.7. The van der Waals surface area contributed by atoms with Crippen LogP contribution in [0.1, 0.15) is 103 Å². The summed E-state index contributed by atoms with van der Waals surface area (Å²) in [6, 6.07) is 5.65. The Balaban J connectivity index is 2.31. The van der Waals surface area contributed by atoms with Crippen LogP contribution in [0.3, 0.4) is 0 Å². The third-order valence-electron chi connectivity index (χ3n) is 5.71. The second-order valence-electron chi connectivity index (χ2n) is 13.2. The molecule has 3 amide bonds. The van der Waals surface area contributed by atoms with Gasteiger partial charge in [-0.25, -0.2) is 24.5 Å². The molecular formula is C32H46N4O6S2. The smallest absolute Gasteiger partial charge is 0.417 e. The van der Waals surface area contributed by atoms with Gasteiger partial charge in [0.05, 0.1) is 11.1 Å². The molecule has 0 bridgehead atoms. The fourth-order valence-corrected chi connectivity index (χ4v) is 5.88. The van der Waals surface area contributed by atoms with Gasteiger partial charge in [-0.1, -0.05) is 27.7 Å². The molecule has 0 aromatic carbocycles. The lowest BCUT2D eigenvalue weighted by Crippen LogP contribution is -2.45. The highest BCUT2D eigenvalue weighted by molar-refractivity contribution is 8.76. The number of amides is 3. The van der Waals surface area contributed by atoms with Crippen molar-refractivity contribution >= 4 is 45.5 Å². The number of rotatable bonds is 12. The number of carbonyl (C=O) groups is 4. The number of nitrogens with one attached hydrogen (secondary N) is 1. The Kier molecular flexibility index (Phi) is 13.7. The first-order valence-corrected chi connectivity index (χ1v) is 16.9. The average molecular weight is 647 g/mol. The van der Waals surface area contributed by atoms with E-state index in [1.165, 1.54) is 0 Å². The molecule has 2 rings (SSSR count). The quantitative estimate of drug-likeness (QED) is 0.187. The first-order chi connectivity index (χ1) is 20.4. The van der Waals surface area contributed by atoms with E-state index in [1.54, 1.807) is 78.2 Å². The molecule has 1 atom stereocenters. The summed E-state index contributed by atoms with van der Waals surface area (Å²) in [4.78, 5) is 62.9. The summed E-state index contributed by atoms with van der Waals surface area (Å²) in [5.41, 5.74) is -0.986. The molecule has 0 unspecified atom stereocenters. The van der Waals surface area contributed by atoms with Gasteiger partial charge in [-0.3, -0.25) is 9.59 Å². The Morgan fingerprint density at radius 2 is 1.34 bits per heavy atom. The largest absolute Gasteiger partial charge is 0.458 e. The zero-order valence-electron chi connectivity index (χ0n) is 27.4. The fourth-order valence-electron chi connectivity index (χ4n) is 3.75. The Morgan fingerprint density at radius 3 is 1.84 bits per heavy atom. The second kappa shape index (κ2) is 16.3. The molecule has 10 nitrogen and oxygen atoms in total. The molecule has 44 heavy (non-hydrogen) atoms. The maximum Gasteiger partial charge on any atom is 0.417 e. The molecule has 1 N–H and O–H groups in total. The highest BCUT2D eigenvalue weighted by Crippen LogP contribution is 2.38. The van der Waals surface area contributed by atoms with Crippen molar-refractivity contribution in [1.29, 1.82) is 0 Å². The van der Waals surface area contributed by atoms with E-state index < -0.39 is 41.1 Å². The van der Waals surface area contributed by atoms with Crippen molar-refractivity contribution in [3.8, 4) is 0 Å². The zero-order valence-corrected chi connectivity index (χ0v) is 29.1. The third kappa shape index (κ3) is 12.5. The van der Waals surface area contributed by atoms with Crippen molar-refractivity contribution < 1.29 is 28.7 Å². The van der Waals surface area contributed by atoms with Gasteiger partial charge in [-0.05, 0) is 112 Å². The Bertz CT molecular complexity index is 1300. The highest BCUT2D eigenvalue weighted by atomic mass is 33.1. The van der Waals surface area contributed by atoms with Gasteiger partial charge >= 0.3 is 12.1 Å². The van der Waals surface area contributed by atoms with Crippen molar-refractivity contribution in [3.05, 3.63) is 47.8 Å². The fraction of sp³-hybridized carbons (Fsp3) is 0.562. The van der Waals surface area contributed by atoms with Gasteiger partial charge in [0.1, 0.15) is 27.3 Å². The van der Waals surface area contributed by atoms with E-state index >= 15 is 0 Å². The van der Waals surface area contributed by atoms with E-state index in [1.807, 2.05) is 27.7 Å². The minimum absolute atomic E-state index is 0.131. The number of hydrogen-bond donors (Lipinski definition) is 1. The number of pyridine rings is 2. The zero-order chi connectivity index (χ0) is 33.2. The van der Waals surface area contributed by atoms with E-state index in [4.69, 9.17) is 9.47 Å². The van der Waals surface area contributed by atoms with Crippen LogP contribution in [0.4, 0.5) is 4.79 Å². The minimum Gasteiger partial charge on any atom is -0.458 e. The van der Waals surface area contributed by atoms with Gasteiger partial charge < -0.3 is 14.8 Å². The molecule has 0 saturated carbocycles. The lowest BCUT2D eigenvalue weighted by Gasteiger charge is -2.27. The molecule has 2 aromatic rings. The highest BCUT2D eigenvalue weighted by Gasteiger charge is 2.31. The summed E-state index contributed by atoms with van der Waals surface area (Å²) in [5, 5.41) is 3.54. The van der Waals surface area contributed by atoms with Gasteiger partial charge in [-0.2, -0.15) is 0 Å². The predicted octanol–water partition coefficient (Wildman–Crippen LogP) is 7.19. The number of aromatic nitrogens is 2. The SMILES string of the molecule is CC(C)CCN(C(=O)OC(C)(C)C)C(=O)c1cccnc1SSc1ncccc1C(=O)N[C@@H](CC(C)C)C(=O)OC(C)(C)C. The Labute approximate surface area is 269 Å². The van der Waals surface area contributed by atoms with E-state index in [2.05, 4.69) is 15.3 Å². The lowest BCUT2D eigenvalue weighted by atomic mass is 10.0. The summed E-state index contributed by atoms with van der Waals surface area (Å²) in [5.74, 6) is -1.11. The van der Waals surface area contributed by atoms with Gasteiger partial charge in [-0.15, -0.1) is 0 Å². The van der Waals surface area contributed by atoms with Gasteiger partial charge in [0, 0.05) is 18.9 Å². The van der Waals surface area contributed by atoms with Crippen LogP contribution in [0.2, 0.25) is 0 Å². The average Bonchev–Trinajstić information content (AvgIpc) is 2.89. The maximum atomic E-state index is 13.7. The topological polar surface area (TPSA) is 128 Å². The van der Waals surface area contributed by atoms with Crippen molar-refractivity contribution in [1.82, 2.24) is 20.2 Å². The summed E-state index contributed by atoms with van der Waals surface area (Å²) in [6.07, 6.45) is 3.40. The number of carbonyl (C=O) groups excluding carboxylic acids is 4. The number of imide groups is 1. The van der Waals surface area contributed by atoms with E-state index in [9.17, 15) is 19.2 Å². The molecular weight excluding hydrogens is 601 g/mol. The molecule has 0 aliphatic heterocycles. The maximum absolute atomic E-state index is 13.7. The summed E-state index contributed by atoms with van der Waals surface area (Å²) >= 11 is 0. The Morgan fingerprint density at radius 1 is 0.818 bits per heavy atom. The van der Waals surface area contributed by atoms with Gasteiger partial charge in [0.15, 0.2) is 0 Å². The molecule has 0 fully saturated rings. The molecule has 12 heteroatoms. The van der Waals surface area contributed by atoms with Crippen LogP contribution >= 0.6 is 21.6 Å². The summed E-state index contributed by atoms with van der Waals surface area (Å²) < 4.78 is 11.1. The van der Waals surface area contributed by atoms with Gasteiger partial charge in [0.25, 0.3) is 11.8 Å². The number of ether oxygens (including phenoxy) is 2. The van der Waals surface area contributed by atoms with E-state index in [0.717, 1.165) is 26.5 Å². The van der Waals surface area contributed by atoms with Crippen LogP contribution in [-0.4, -0.2) is 62.5 Å². The molecule has 0 aliphatic carbocycles. The Hall–Kier alpha value is -3.12. The molecule has 242 valence electrons. The van der Waals surface area contributed by atoms with Crippen LogP contribution in [0.25, 0.3) is 0 Å². The van der Waals surface area contributed by atoms with Crippen LogP contribution in [0.15, 0.2) is 46.7 Å². The van der Waals surface area contributed by atoms with Crippen molar-refractivity contribution in [2.75, 3.05) is 6.54 Å². The minimum atomic E-state index is -0.836. The molecule has 0 saturated heterocycles. The molecule has 0 radical (unpaired) electrons. The van der Waals surface area contributed by atoms with Crippen LogP contribution in [0.5, 0.6) is 0 Å². The van der Waals surface area contributed by atoms with Crippen LogP contribution < -0.4 is 5.32 Å². The number of esters is 1. The van der Waals surface area contributed by atoms with Gasteiger partial charge in [0.2, 0.25) is 0 Å². The summed E-state index contributed by atoms with van der Waals surface area (Å²) in [6.45, 7) is 18.7. The summed E-state index contributed by atoms with van der Waals surface area (Å²) in [7, 11) is 2.29.